The fraction of sp³-hybridized carbons (Fsp3) is 0.150. The smallest absolute Gasteiger partial charge is 0.283 e. The molecule has 1 N–H and O–H groups in total. The molecule has 9 heteroatoms. The largest absolute Gasteiger partial charge is 0.324 e. The molecule has 4 rings (SSSR count). The maximum atomic E-state index is 12.7. The van der Waals surface area contributed by atoms with Crippen LogP contribution in [0.2, 0.25) is 5.02 Å². The first-order chi connectivity index (χ1) is 14.0. The van der Waals surface area contributed by atoms with Gasteiger partial charge in [0.15, 0.2) is 11.2 Å². The first-order valence-corrected chi connectivity index (χ1v) is 9.27. The summed E-state index contributed by atoms with van der Waals surface area (Å²) in [6.45, 7) is 2.13. The van der Waals surface area contributed by atoms with Gasteiger partial charge < -0.3 is 5.32 Å². The zero-order valence-corrected chi connectivity index (χ0v) is 16.3. The number of amides is 1. The van der Waals surface area contributed by atoms with Crippen molar-refractivity contribution in [3.63, 3.8) is 0 Å². The number of rotatable bonds is 5. The second-order valence-corrected chi connectivity index (χ2v) is 7.00. The van der Waals surface area contributed by atoms with Crippen molar-refractivity contribution >= 4 is 34.4 Å². The van der Waals surface area contributed by atoms with Gasteiger partial charge in [0.25, 0.3) is 5.56 Å². The summed E-state index contributed by atoms with van der Waals surface area (Å²) < 4.78 is 2.76. The van der Waals surface area contributed by atoms with Crippen molar-refractivity contribution in [2.45, 2.75) is 20.0 Å². The van der Waals surface area contributed by atoms with Gasteiger partial charge in [-0.25, -0.2) is 9.67 Å². The van der Waals surface area contributed by atoms with Gasteiger partial charge in [-0.1, -0.05) is 53.2 Å². The highest BCUT2D eigenvalue weighted by Crippen LogP contribution is 2.19. The minimum absolute atomic E-state index is 0.120. The summed E-state index contributed by atoms with van der Waals surface area (Å²) in [6.07, 6.45) is 1.33. The van der Waals surface area contributed by atoms with Gasteiger partial charge in [-0.3, -0.25) is 14.2 Å². The maximum Gasteiger partial charge on any atom is 0.283 e. The summed E-state index contributed by atoms with van der Waals surface area (Å²) in [6, 6.07) is 14.9. The van der Waals surface area contributed by atoms with Crippen molar-refractivity contribution in [1.29, 1.82) is 0 Å². The van der Waals surface area contributed by atoms with Gasteiger partial charge >= 0.3 is 0 Å². The summed E-state index contributed by atoms with van der Waals surface area (Å²) in [7, 11) is 0. The van der Waals surface area contributed by atoms with Crippen LogP contribution in [0.25, 0.3) is 11.2 Å². The van der Waals surface area contributed by atoms with Crippen LogP contribution >= 0.6 is 11.6 Å². The van der Waals surface area contributed by atoms with E-state index in [1.54, 1.807) is 16.8 Å². The van der Waals surface area contributed by atoms with Crippen LogP contribution in [0, 0.1) is 6.92 Å². The predicted octanol–water partition coefficient (Wildman–Crippen LogP) is 2.64. The van der Waals surface area contributed by atoms with Gasteiger partial charge in [0.2, 0.25) is 5.91 Å². The Morgan fingerprint density at radius 3 is 2.72 bits per heavy atom. The first kappa shape index (κ1) is 18.8. The minimum Gasteiger partial charge on any atom is -0.324 e. The number of aryl methyl sites for hydroxylation is 1. The summed E-state index contributed by atoms with van der Waals surface area (Å²) in [5, 5.41) is 11.3. The molecule has 0 atom stereocenters. The quantitative estimate of drug-likeness (QED) is 0.547. The monoisotopic (exact) mass is 408 g/mol. The Bertz CT molecular complexity index is 1250. The topological polar surface area (TPSA) is 94.7 Å². The van der Waals surface area contributed by atoms with E-state index in [4.69, 9.17) is 11.6 Å². The molecule has 4 aromatic rings. The summed E-state index contributed by atoms with van der Waals surface area (Å²) >= 11 is 6.07. The second-order valence-electron chi connectivity index (χ2n) is 6.59. The lowest BCUT2D eigenvalue weighted by Gasteiger charge is -2.08. The van der Waals surface area contributed by atoms with Gasteiger partial charge in [0, 0.05) is 10.7 Å². The molecule has 0 aliphatic heterocycles. The Balaban J connectivity index is 1.54. The third-order valence-electron chi connectivity index (χ3n) is 4.44. The number of hydrogen-bond acceptors (Lipinski definition) is 5. The van der Waals surface area contributed by atoms with Crippen molar-refractivity contribution in [3.05, 3.63) is 81.4 Å². The molecule has 2 aromatic carbocycles. The zero-order valence-electron chi connectivity index (χ0n) is 15.5. The predicted molar refractivity (Wildman–Crippen MR) is 110 cm³/mol. The molecule has 0 saturated carbocycles. The van der Waals surface area contributed by atoms with E-state index in [0.29, 0.717) is 22.9 Å². The van der Waals surface area contributed by atoms with Crippen LogP contribution in [0.1, 0.15) is 11.1 Å². The fourth-order valence-electron chi connectivity index (χ4n) is 2.89. The van der Waals surface area contributed by atoms with E-state index in [2.05, 4.69) is 20.6 Å². The van der Waals surface area contributed by atoms with E-state index in [0.717, 1.165) is 11.1 Å². The van der Waals surface area contributed by atoms with Crippen molar-refractivity contribution in [2.24, 2.45) is 0 Å². The van der Waals surface area contributed by atoms with Crippen LogP contribution in [-0.4, -0.2) is 30.5 Å². The maximum absolute atomic E-state index is 12.7. The second kappa shape index (κ2) is 7.84. The molecular formula is C20H17ClN6O2. The van der Waals surface area contributed by atoms with Crippen LogP contribution < -0.4 is 10.9 Å². The molecule has 0 fully saturated rings. The lowest BCUT2D eigenvalue weighted by atomic mass is 10.2. The van der Waals surface area contributed by atoms with Crippen molar-refractivity contribution in [3.8, 4) is 0 Å². The van der Waals surface area contributed by atoms with E-state index in [1.165, 1.54) is 10.9 Å². The lowest BCUT2D eigenvalue weighted by Crippen LogP contribution is -2.28. The van der Waals surface area contributed by atoms with Crippen LogP contribution in [0.3, 0.4) is 0 Å². The van der Waals surface area contributed by atoms with Crippen LogP contribution in [-0.2, 0) is 17.9 Å². The van der Waals surface area contributed by atoms with Crippen LogP contribution in [0.15, 0.2) is 59.7 Å². The van der Waals surface area contributed by atoms with E-state index < -0.39 is 5.56 Å². The van der Waals surface area contributed by atoms with Gasteiger partial charge in [-0.05, 0) is 30.2 Å². The van der Waals surface area contributed by atoms with Gasteiger partial charge in [0.1, 0.15) is 12.9 Å². The number of carbonyl (C=O) groups is 1. The number of carbonyl (C=O) groups excluding carboxylic acids is 1. The molecule has 0 aliphatic carbocycles. The number of anilines is 1. The Morgan fingerprint density at radius 2 is 1.97 bits per heavy atom. The SMILES string of the molecule is Cc1ccc(NC(=O)Cn2cnc3c(nnn3Cc3ccccc3)c2=O)cc1Cl. The Labute approximate surface area is 170 Å². The van der Waals surface area contributed by atoms with Crippen LogP contribution in [0.5, 0.6) is 0 Å². The number of hydrogen-bond donors (Lipinski definition) is 1. The van der Waals surface area contributed by atoms with Gasteiger partial charge in [-0.15, -0.1) is 5.10 Å². The van der Waals surface area contributed by atoms with Gasteiger partial charge in [0.05, 0.1) is 6.54 Å². The molecule has 0 aliphatic rings. The highest BCUT2D eigenvalue weighted by molar-refractivity contribution is 6.31. The molecule has 0 spiro atoms. The van der Waals surface area contributed by atoms with E-state index >= 15 is 0 Å². The number of nitrogens with zero attached hydrogens (tertiary/aromatic N) is 5. The Morgan fingerprint density at radius 1 is 1.17 bits per heavy atom. The van der Waals surface area contributed by atoms with Crippen molar-refractivity contribution in [1.82, 2.24) is 24.5 Å². The van der Waals surface area contributed by atoms with Crippen molar-refractivity contribution < 1.29 is 4.79 Å². The summed E-state index contributed by atoms with van der Waals surface area (Å²) in [4.78, 5) is 29.3. The number of benzene rings is 2. The van der Waals surface area contributed by atoms with Crippen molar-refractivity contribution in [2.75, 3.05) is 5.32 Å². The molecule has 146 valence electrons. The highest BCUT2D eigenvalue weighted by atomic mass is 35.5. The summed E-state index contributed by atoms with van der Waals surface area (Å²) in [5.74, 6) is -0.371. The highest BCUT2D eigenvalue weighted by Gasteiger charge is 2.14. The molecule has 1 amide bonds. The third kappa shape index (κ3) is 4.02. The van der Waals surface area contributed by atoms with Gasteiger partial charge in [-0.2, -0.15) is 0 Å². The fourth-order valence-corrected chi connectivity index (χ4v) is 3.07. The number of aromatic nitrogens is 5. The molecule has 2 heterocycles. The number of fused-ring (bicyclic) bond motifs is 1. The molecule has 0 bridgehead atoms. The average molecular weight is 409 g/mol. The van der Waals surface area contributed by atoms with E-state index in [1.807, 2.05) is 43.3 Å². The summed E-state index contributed by atoms with van der Waals surface area (Å²) in [5.41, 5.74) is 2.55. The molecule has 0 unspecified atom stereocenters. The Kier molecular flexibility index (Phi) is 5.09. The van der Waals surface area contributed by atoms with Crippen LogP contribution in [0.4, 0.5) is 5.69 Å². The standard InChI is InChI=1S/C20H17ClN6O2/c1-13-7-8-15(9-16(13)21)23-17(28)11-26-12-22-19-18(20(26)29)24-25-27(19)10-14-5-3-2-4-6-14/h2-9,12H,10-11H2,1H3,(H,23,28). The normalized spacial score (nSPS) is 11.0. The molecule has 2 aromatic heterocycles. The minimum atomic E-state index is -0.425. The third-order valence-corrected chi connectivity index (χ3v) is 4.84. The first-order valence-electron chi connectivity index (χ1n) is 8.90. The Hall–Kier alpha value is -3.52. The lowest BCUT2D eigenvalue weighted by molar-refractivity contribution is -0.116. The molecule has 8 nitrogen and oxygen atoms in total. The number of halogens is 1. The average Bonchev–Trinajstić information content (AvgIpc) is 3.11. The number of nitrogens with one attached hydrogen (secondary N) is 1. The molecule has 29 heavy (non-hydrogen) atoms. The molecule has 0 saturated heterocycles. The zero-order chi connectivity index (χ0) is 20.4. The molecule has 0 radical (unpaired) electrons. The molecular weight excluding hydrogens is 392 g/mol. The van der Waals surface area contributed by atoms with E-state index in [-0.39, 0.29) is 18.0 Å². The van der Waals surface area contributed by atoms with E-state index in [9.17, 15) is 9.59 Å².